The van der Waals surface area contributed by atoms with Gasteiger partial charge in [0.15, 0.2) is 0 Å². The summed E-state index contributed by atoms with van der Waals surface area (Å²) in [6.45, 7) is 0. The maximum absolute atomic E-state index is 10.9. The Morgan fingerprint density at radius 2 is 2.00 bits per heavy atom. The molecule has 0 aliphatic heterocycles. The van der Waals surface area contributed by atoms with Crippen molar-refractivity contribution in [3.8, 4) is 0 Å². The first-order chi connectivity index (χ1) is 8.58. The summed E-state index contributed by atoms with van der Waals surface area (Å²) in [5.41, 5.74) is 0.249. The van der Waals surface area contributed by atoms with Crippen LogP contribution in [0.25, 0.3) is 0 Å². The summed E-state index contributed by atoms with van der Waals surface area (Å²) >= 11 is 8.14. The molecule has 3 nitrogen and oxygen atoms in total. The standard InChI is InChI=1S/C12H7Br2NO2S/c13-9-2-1-5-15-11(9)18-7-3-4-8(12(16)17)10(14)6-7/h1-6H,(H,16,17). The summed E-state index contributed by atoms with van der Waals surface area (Å²) < 4.78 is 1.47. The van der Waals surface area contributed by atoms with E-state index in [0.717, 1.165) is 14.4 Å². The van der Waals surface area contributed by atoms with E-state index >= 15 is 0 Å². The molecule has 1 N–H and O–H groups in total. The minimum atomic E-state index is -0.947. The lowest BCUT2D eigenvalue weighted by Gasteiger charge is -2.05. The van der Waals surface area contributed by atoms with Gasteiger partial charge >= 0.3 is 5.97 Å². The SMILES string of the molecule is O=C(O)c1ccc(Sc2ncccc2Br)cc1Br. The second-order valence-corrected chi connectivity index (χ2v) is 6.11. The van der Waals surface area contributed by atoms with Gasteiger partial charge in [-0.2, -0.15) is 0 Å². The predicted molar refractivity (Wildman–Crippen MR) is 77.2 cm³/mol. The van der Waals surface area contributed by atoms with Crippen LogP contribution in [0.15, 0.2) is 55.4 Å². The zero-order valence-corrected chi connectivity index (χ0v) is 12.9. The van der Waals surface area contributed by atoms with E-state index in [0.29, 0.717) is 4.47 Å². The lowest BCUT2D eigenvalue weighted by molar-refractivity contribution is 0.0696. The van der Waals surface area contributed by atoms with Crippen molar-refractivity contribution in [2.75, 3.05) is 0 Å². The van der Waals surface area contributed by atoms with Gasteiger partial charge in [0, 0.05) is 15.6 Å². The molecule has 0 amide bonds. The summed E-state index contributed by atoms with van der Waals surface area (Å²) in [4.78, 5) is 16.1. The third kappa shape index (κ3) is 3.13. The molecular formula is C12H7Br2NO2S. The van der Waals surface area contributed by atoms with E-state index in [9.17, 15) is 4.79 Å². The summed E-state index contributed by atoms with van der Waals surface area (Å²) in [7, 11) is 0. The number of rotatable bonds is 3. The van der Waals surface area contributed by atoms with Crippen molar-refractivity contribution in [3.63, 3.8) is 0 Å². The number of carboxylic acids is 1. The summed E-state index contributed by atoms with van der Waals surface area (Å²) in [5.74, 6) is -0.947. The number of hydrogen-bond acceptors (Lipinski definition) is 3. The van der Waals surface area contributed by atoms with Crippen molar-refractivity contribution >= 4 is 49.6 Å². The van der Waals surface area contributed by atoms with Crippen molar-refractivity contribution < 1.29 is 9.90 Å². The van der Waals surface area contributed by atoms with Gasteiger partial charge in [-0.25, -0.2) is 9.78 Å². The highest BCUT2D eigenvalue weighted by Crippen LogP contribution is 2.33. The van der Waals surface area contributed by atoms with Crippen LogP contribution in [-0.2, 0) is 0 Å². The second kappa shape index (κ2) is 5.86. The topological polar surface area (TPSA) is 50.2 Å². The molecule has 0 atom stereocenters. The molecule has 2 aromatic rings. The minimum Gasteiger partial charge on any atom is -0.478 e. The number of aromatic carboxylic acids is 1. The first-order valence-electron chi connectivity index (χ1n) is 4.89. The second-order valence-electron chi connectivity index (χ2n) is 3.34. The molecule has 1 heterocycles. The van der Waals surface area contributed by atoms with Crippen molar-refractivity contribution in [1.29, 1.82) is 0 Å². The van der Waals surface area contributed by atoms with Gasteiger partial charge in [-0.3, -0.25) is 0 Å². The Morgan fingerprint density at radius 1 is 1.22 bits per heavy atom. The molecule has 2 rings (SSSR count). The number of aromatic nitrogens is 1. The molecule has 18 heavy (non-hydrogen) atoms. The summed E-state index contributed by atoms with van der Waals surface area (Å²) in [6, 6.07) is 8.87. The first-order valence-corrected chi connectivity index (χ1v) is 7.29. The maximum Gasteiger partial charge on any atom is 0.336 e. The zero-order valence-electron chi connectivity index (χ0n) is 8.93. The molecule has 0 aliphatic carbocycles. The number of nitrogens with zero attached hydrogens (tertiary/aromatic N) is 1. The molecule has 92 valence electrons. The molecule has 1 aromatic heterocycles. The largest absolute Gasteiger partial charge is 0.478 e. The fourth-order valence-corrected chi connectivity index (χ4v) is 3.30. The highest BCUT2D eigenvalue weighted by molar-refractivity contribution is 9.10. The van der Waals surface area contributed by atoms with Crippen LogP contribution in [0, 0.1) is 0 Å². The summed E-state index contributed by atoms with van der Waals surface area (Å²) in [6.07, 6.45) is 1.72. The Labute approximate surface area is 125 Å². The van der Waals surface area contributed by atoms with Gasteiger partial charge in [0.1, 0.15) is 5.03 Å². The molecule has 6 heteroatoms. The van der Waals surface area contributed by atoms with Gasteiger partial charge in [0.2, 0.25) is 0 Å². The quantitative estimate of drug-likeness (QED) is 0.843. The van der Waals surface area contributed by atoms with Crippen molar-refractivity contribution in [3.05, 3.63) is 51.0 Å². The van der Waals surface area contributed by atoms with Gasteiger partial charge < -0.3 is 5.11 Å². The van der Waals surface area contributed by atoms with E-state index in [2.05, 4.69) is 36.8 Å². The van der Waals surface area contributed by atoms with Crippen molar-refractivity contribution in [2.45, 2.75) is 9.92 Å². The van der Waals surface area contributed by atoms with Gasteiger partial charge in [0.05, 0.1) is 10.0 Å². The average Bonchev–Trinajstić information content (AvgIpc) is 2.32. The molecule has 0 aliphatic rings. The van der Waals surface area contributed by atoms with Crippen LogP contribution >= 0.6 is 43.6 Å². The Morgan fingerprint density at radius 3 is 2.61 bits per heavy atom. The Kier molecular flexibility index (Phi) is 4.42. The van der Waals surface area contributed by atoms with Gasteiger partial charge in [-0.1, -0.05) is 11.8 Å². The molecule has 0 radical (unpaired) electrons. The van der Waals surface area contributed by atoms with Crippen LogP contribution in [0.1, 0.15) is 10.4 Å². The van der Waals surface area contributed by atoms with E-state index < -0.39 is 5.97 Å². The molecule has 0 fully saturated rings. The van der Waals surface area contributed by atoms with Gasteiger partial charge in [0.25, 0.3) is 0 Å². The average molecular weight is 389 g/mol. The fraction of sp³-hybridized carbons (Fsp3) is 0. The van der Waals surface area contributed by atoms with Crippen LogP contribution in [0.5, 0.6) is 0 Å². The number of hydrogen-bond donors (Lipinski definition) is 1. The number of carbonyl (C=O) groups is 1. The Bertz CT molecular complexity index is 604. The monoisotopic (exact) mass is 387 g/mol. The van der Waals surface area contributed by atoms with Crippen LogP contribution < -0.4 is 0 Å². The molecule has 0 unspecified atom stereocenters. The molecule has 0 saturated heterocycles. The molecule has 1 aromatic carbocycles. The minimum absolute atomic E-state index is 0.249. The Hall–Kier alpha value is -0.850. The van der Waals surface area contributed by atoms with E-state index in [1.807, 2.05) is 12.1 Å². The van der Waals surface area contributed by atoms with Crippen LogP contribution in [0.3, 0.4) is 0 Å². The number of benzene rings is 1. The maximum atomic E-state index is 10.9. The number of halogens is 2. The predicted octanol–water partition coefficient (Wildman–Crippen LogP) is 4.46. The van der Waals surface area contributed by atoms with E-state index in [1.54, 1.807) is 24.4 Å². The highest BCUT2D eigenvalue weighted by atomic mass is 79.9. The normalized spacial score (nSPS) is 10.3. The lowest BCUT2D eigenvalue weighted by Crippen LogP contribution is -1.97. The van der Waals surface area contributed by atoms with Crippen LogP contribution in [0.2, 0.25) is 0 Å². The van der Waals surface area contributed by atoms with Crippen LogP contribution in [-0.4, -0.2) is 16.1 Å². The van der Waals surface area contributed by atoms with E-state index in [-0.39, 0.29) is 5.56 Å². The van der Waals surface area contributed by atoms with E-state index in [1.165, 1.54) is 11.8 Å². The van der Waals surface area contributed by atoms with Gasteiger partial charge in [-0.15, -0.1) is 0 Å². The molecule has 0 saturated carbocycles. The lowest BCUT2D eigenvalue weighted by atomic mass is 10.2. The number of pyridine rings is 1. The summed E-state index contributed by atoms with van der Waals surface area (Å²) in [5, 5.41) is 9.77. The highest BCUT2D eigenvalue weighted by Gasteiger charge is 2.10. The third-order valence-corrected chi connectivity index (χ3v) is 4.68. The zero-order chi connectivity index (χ0) is 13.1. The first kappa shape index (κ1) is 13.6. The van der Waals surface area contributed by atoms with Crippen molar-refractivity contribution in [1.82, 2.24) is 4.98 Å². The smallest absolute Gasteiger partial charge is 0.336 e. The van der Waals surface area contributed by atoms with Crippen molar-refractivity contribution in [2.24, 2.45) is 0 Å². The molecular weight excluding hydrogens is 382 g/mol. The van der Waals surface area contributed by atoms with Gasteiger partial charge in [-0.05, 0) is 62.2 Å². The molecule has 0 spiro atoms. The molecule has 0 bridgehead atoms. The van der Waals surface area contributed by atoms with Crippen LogP contribution in [0.4, 0.5) is 0 Å². The fourth-order valence-electron chi connectivity index (χ4n) is 1.29. The number of carboxylic acid groups (broad SMARTS) is 1. The Balaban J connectivity index is 2.29. The van der Waals surface area contributed by atoms with E-state index in [4.69, 9.17) is 5.11 Å². The third-order valence-electron chi connectivity index (χ3n) is 2.11.